The molecular formula is C10H9N5O4. The minimum atomic E-state index is -0.727. The summed E-state index contributed by atoms with van der Waals surface area (Å²) in [4.78, 5) is 21.5. The van der Waals surface area contributed by atoms with Crippen molar-refractivity contribution < 1.29 is 14.8 Å². The van der Waals surface area contributed by atoms with E-state index in [1.165, 1.54) is 12.3 Å². The van der Waals surface area contributed by atoms with Gasteiger partial charge in [-0.15, -0.1) is 0 Å². The van der Waals surface area contributed by atoms with Crippen molar-refractivity contribution >= 4 is 23.1 Å². The number of phenols is 1. The van der Waals surface area contributed by atoms with Crippen LogP contribution in [-0.4, -0.2) is 26.1 Å². The van der Waals surface area contributed by atoms with Gasteiger partial charge in [0.05, 0.1) is 11.1 Å². The smallest absolute Gasteiger partial charge is 0.310 e. The molecule has 98 valence electrons. The monoisotopic (exact) mass is 263 g/mol. The first-order chi connectivity index (χ1) is 8.99. The van der Waals surface area contributed by atoms with Gasteiger partial charge in [0.25, 0.3) is 5.91 Å². The molecule has 0 unspecified atom stereocenters. The van der Waals surface area contributed by atoms with E-state index < -0.39 is 22.3 Å². The van der Waals surface area contributed by atoms with Gasteiger partial charge in [-0.05, 0) is 6.07 Å². The van der Waals surface area contributed by atoms with Gasteiger partial charge >= 0.3 is 5.69 Å². The Bertz CT molecular complexity index is 651. The number of nitro groups is 1. The summed E-state index contributed by atoms with van der Waals surface area (Å²) in [5.74, 6) is -0.980. The quantitative estimate of drug-likeness (QED) is 0.476. The summed E-state index contributed by atoms with van der Waals surface area (Å²) < 4.78 is 0. The van der Waals surface area contributed by atoms with E-state index >= 15 is 0 Å². The maximum atomic E-state index is 11.8. The third-order valence-electron chi connectivity index (χ3n) is 2.34. The lowest BCUT2D eigenvalue weighted by Gasteiger charge is -2.04. The molecule has 0 saturated heterocycles. The maximum absolute atomic E-state index is 11.8. The number of aromatic nitrogens is 2. The van der Waals surface area contributed by atoms with Gasteiger partial charge in [0.2, 0.25) is 0 Å². The first kappa shape index (κ1) is 12.4. The summed E-state index contributed by atoms with van der Waals surface area (Å²) in [5, 5.41) is 28.4. The van der Waals surface area contributed by atoms with Gasteiger partial charge in [0, 0.05) is 17.8 Å². The second kappa shape index (κ2) is 4.64. The molecule has 1 amide bonds. The summed E-state index contributed by atoms with van der Waals surface area (Å²) in [6, 6.07) is 3.46. The number of anilines is 2. The molecule has 9 nitrogen and oxygen atoms in total. The summed E-state index contributed by atoms with van der Waals surface area (Å²) >= 11 is 0. The van der Waals surface area contributed by atoms with Crippen LogP contribution in [0.2, 0.25) is 0 Å². The minimum absolute atomic E-state index is 0.101. The number of phenolic OH excluding ortho intramolecular Hbond substituents is 1. The minimum Gasteiger partial charge on any atom is -0.502 e. The molecule has 0 atom stereocenters. The number of aromatic amines is 1. The molecule has 0 fully saturated rings. The number of amides is 1. The lowest BCUT2D eigenvalue weighted by Crippen LogP contribution is -2.12. The highest BCUT2D eigenvalue weighted by atomic mass is 16.6. The molecular weight excluding hydrogens is 254 g/mol. The number of aromatic hydroxyl groups is 1. The van der Waals surface area contributed by atoms with Crippen LogP contribution >= 0.6 is 0 Å². The Labute approximate surface area is 106 Å². The van der Waals surface area contributed by atoms with Gasteiger partial charge in [0.1, 0.15) is 11.4 Å². The molecule has 0 radical (unpaired) electrons. The second-order valence-corrected chi connectivity index (χ2v) is 3.61. The van der Waals surface area contributed by atoms with E-state index in [1.807, 2.05) is 0 Å². The lowest BCUT2D eigenvalue weighted by molar-refractivity contribution is -0.385. The molecule has 1 heterocycles. The lowest BCUT2D eigenvalue weighted by atomic mass is 10.2. The van der Waals surface area contributed by atoms with Gasteiger partial charge in [-0.25, -0.2) is 0 Å². The van der Waals surface area contributed by atoms with Crippen molar-refractivity contribution in [2.45, 2.75) is 0 Å². The number of nitrogen functional groups attached to an aromatic ring is 1. The van der Waals surface area contributed by atoms with E-state index in [2.05, 4.69) is 15.5 Å². The van der Waals surface area contributed by atoms with E-state index in [0.717, 1.165) is 12.1 Å². The molecule has 1 aromatic heterocycles. The molecule has 0 saturated carbocycles. The van der Waals surface area contributed by atoms with Crippen LogP contribution in [0.1, 0.15) is 10.4 Å². The Hall–Kier alpha value is -3.10. The van der Waals surface area contributed by atoms with Crippen LogP contribution in [0.3, 0.4) is 0 Å². The Morgan fingerprint density at radius 2 is 2.26 bits per heavy atom. The van der Waals surface area contributed by atoms with Crippen molar-refractivity contribution in [3.8, 4) is 5.75 Å². The number of H-pyrrole nitrogens is 1. The molecule has 2 rings (SSSR count). The van der Waals surface area contributed by atoms with Crippen LogP contribution in [0.25, 0.3) is 0 Å². The molecule has 0 aliphatic heterocycles. The van der Waals surface area contributed by atoms with Crippen molar-refractivity contribution in [2.75, 3.05) is 11.1 Å². The third-order valence-corrected chi connectivity index (χ3v) is 2.34. The van der Waals surface area contributed by atoms with Crippen LogP contribution in [-0.2, 0) is 0 Å². The van der Waals surface area contributed by atoms with E-state index in [4.69, 9.17) is 5.73 Å². The van der Waals surface area contributed by atoms with Crippen molar-refractivity contribution in [1.29, 1.82) is 0 Å². The Morgan fingerprint density at radius 1 is 1.53 bits per heavy atom. The fraction of sp³-hybridized carbons (Fsp3) is 0. The highest BCUT2D eigenvalue weighted by molar-refractivity contribution is 6.07. The number of nitrogens with one attached hydrogen (secondary N) is 2. The zero-order valence-electron chi connectivity index (χ0n) is 9.45. The van der Waals surface area contributed by atoms with Gasteiger partial charge in [-0.1, -0.05) is 0 Å². The van der Waals surface area contributed by atoms with E-state index in [1.54, 1.807) is 0 Å². The zero-order chi connectivity index (χ0) is 14.0. The van der Waals surface area contributed by atoms with Gasteiger partial charge in [-0.3, -0.25) is 20.0 Å². The van der Waals surface area contributed by atoms with Crippen molar-refractivity contribution in [3.63, 3.8) is 0 Å². The van der Waals surface area contributed by atoms with Crippen LogP contribution < -0.4 is 11.1 Å². The Balaban J connectivity index is 2.21. The van der Waals surface area contributed by atoms with Crippen LogP contribution in [0.15, 0.2) is 24.4 Å². The van der Waals surface area contributed by atoms with E-state index in [0.29, 0.717) is 0 Å². The van der Waals surface area contributed by atoms with Crippen LogP contribution in [0, 0.1) is 10.1 Å². The molecule has 1 aromatic carbocycles. The number of nitrogens with zero attached hydrogens (tertiary/aromatic N) is 2. The number of carbonyl (C=O) groups excluding carboxylic acids is 1. The fourth-order valence-corrected chi connectivity index (χ4v) is 1.43. The predicted octanol–water partition coefficient (Wildman–Crippen LogP) is 0.858. The topological polar surface area (TPSA) is 147 Å². The number of nitro benzene ring substituents is 1. The molecule has 2 aromatic rings. The van der Waals surface area contributed by atoms with Crippen LogP contribution in [0.4, 0.5) is 17.2 Å². The molecule has 0 bridgehead atoms. The van der Waals surface area contributed by atoms with Gasteiger partial charge in [-0.2, -0.15) is 5.10 Å². The van der Waals surface area contributed by atoms with E-state index in [9.17, 15) is 20.0 Å². The highest BCUT2D eigenvalue weighted by Gasteiger charge is 2.16. The molecule has 0 aliphatic rings. The van der Waals surface area contributed by atoms with Crippen molar-refractivity contribution in [3.05, 3.63) is 40.1 Å². The number of hydrogen-bond donors (Lipinski definition) is 4. The first-order valence-electron chi connectivity index (χ1n) is 5.06. The number of nitrogens with two attached hydrogens (primary N) is 1. The van der Waals surface area contributed by atoms with E-state index in [-0.39, 0.29) is 17.1 Å². The largest absolute Gasteiger partial charge is 0.502 e. The normalized spacial score (nSPS) is 10.1. The predicted molar refractivity (Wildman–Crippen MR) is 65.7 cm³/mol. The van der Waals surface area contributed by atoms with Gasteiger partial charge in [0.15, 0.2) is 5.75 Å². The van der Waals surface area contributed by atoms with Crippen molar-refractivity contribution in [1.82, 2.24) is 10.2 Å². The highest BCUT2D eigenvalue weighted by Crippen LogP contribution is 2.28. The summed E-state index contributed by atoms with van der Waals surface area (Å²) in [7, 11) is 0. The zero-order valence-corrected chi connectivity index (χ0v) is 9.45. The first-order valence-corrected chi connectivity index (χ1v) is 5.06. The number of benzene rings is 1. The average molecular weight is 263 g/mol. The average Bonchev–Trinajstić information content (AvgIpc) is 2.75. The molecule has 0 aliphatic carbocycles. The third kappa shape index (κ3) is 2.44. The van der Waals surface area contributed by atoms with Crippen LogP contribution in [0.5, 0.6) is 5.75 Å². The molecule has 19 heavy (non-hydrogen) atoms. The number of carbonyl (C=O) groups is 1. The summed E-state index contributed by atoms with van der Waals surface area (Å²) in [5.41, 5.74) is 5.37. The van der Waals surface area contributed by atoms with Crippen molar-refractivity contribution in [2.24, 2.45) is 0 Å². The fourth-order valence-electron chi connectivity index (χ4n) is 1.43. The maximum Gasteiger partial charge on any atom is 0.310 e. The molecule has 9 heteroatoms. The SMILES string of the molecule is Nc1[nH]ncc1C(=O)Nc1ccc([N+](=O)[O-])c(O)c1. The molecule has 0 spiro atoms. The molecule has 5 N–H and O–H groups in total. The number of rotatable bonds is 3. The number of hydrogen-bond acceptors (Lipinski definition) is 6. The summed E-state index contributed by atoms with van der Waals surface area (Å²) in [6.45, 7) is 0. The van der Waals surface area contributed by atoms with Gasteiger partial charge < -0.3 is 16.2 Å². The Kier molecular flexibility index (Phi) is 3.02. The second-order valence-electron chi connectivity index (χ2n) is 3.61. The Morgan fingerprint density at radius 3 is 2.79 bits per heavy atom. The summed E-state index contributed by atoms with van der Waals surface area (Å²) in [6.07, 6.45) is 1.25. The standard InChI is InChI=1S/C10H9N5O4/c11-9-6(4-12-14-9)10(17)13-5-1-2-7(15(18)19)8(16)3-5/h1-4,16H,(H,13,17)(H3,11,12,14).